The van der Waals surface area contributed by atoms with E-state index in [0.29, 0.717) is 18.0 Å². The van der Waals surface area contributed by atoms with Gasteiger partial charge in [-0.25, -0.2) is 0 Å². The van der Waals surface area contributed by atoms with Gasteiger partial charge in [0.25, 0.3) is 0 Å². The second-order valence-electron chi connectivity index (χ2n) is 5.46. The normalized spacial score (nSPS) is 10.9. The van der Waals surface area contributed by atoms with E-state index < -0.39 is 0 Å². The molecule has 0 saturated carbocycles. The SMILES string of the molecule is CCN(CC)CCCNC(=O)Cc1cc(-c2ccccc2)on1. The minimum absolute atomic E-state index is 0.0162. The number of hydrogen-bond donors (Lipinski definition) is 1. The molecule has 1 aromatic carbocycles. The first kappa shape index (κ1) is 17.2. The lowest BCUT2D eigenvalue weighted by Gasteiger charge is -2.17. The maximum atomic E-state index is 11.9. The molecule has 5 heteroatoms. The Bertz CT molecular complexity index is 591. The van der Waals surface area contributed by atoms with Crippen molar-refractivity contribution in [3.63, 3.8) is 0 Å². The van der Waals surface area contributed by atoms with Gasteiger partial charge in [-0.1, -0.05) is 49.3 Å². The van der Waals surface area contributed by atoms with Crippen LogP contribution in [0.2, 0.25) is 0 Å². The first-order chi connectivity index (χ1) is 11.2. The number of rotatable bonds is 9. The molecule has 1 heterocycles. The van der Waals surface area contributed by atoms with Crippen molar-refractivity contribution in [2.45, 2.75) is 26.7 Å². The minimum atomic E-state index is -0.0162. The van der Waals surface area contributed by atoms with Gasteiger partial charge in [-0.3, -0.25) is 4.79 Å². The molecule has 1 amide bonds. The van der Waals surface area contributed by atoms with Crippen molar-refractivity contribution in [3.8, 4) is 11.3 Å². The van der Waals surface area contributed by atoms with Crippen molar-refractivity contribution >= 4 is 5.91 Å². The molecule has 0 atom stereocenters. The maximum absolute atomic E-state index is 11.9. The highest BCUT2D eigenvalue weighted by atomic mass is 16.5. The highest BCUT2D eigenvalue weighted by Gasteiger charge is 2.10. The minimum Gasteiger partial charge on any atom is -0.356 e. The zero-order valence-corrected chi connectivity index (χ0v) is 13.9. The van der Waals surface area contributed by atoms with E-state index in [2.05, 4.69) is 29.2 Å². The number of aromatic nitrogens is 1. The summed E-state index contributed by atoms with van der Waals surface area (Å²) in [5.74, 6) is 0.674. The van der Waals surface area contributed by atoms with E-state index >= 15 is 0 Å². The second-order valence-corrected chi connectivity index (χ2v) is 5.46. The molecule has 2 rings (SSSR count). The van der Waals surface area contributed by atoms with Crippen LogP contribution < -0.4 is 5.32 Å². The van der Waals surface area contributed by atoms with Gasteiger partial charge >= 0.3 is 0 Å². The lowest BCUT2D eigenvalue weighted by atomic mass is 10.1. The first-order valence-electron chi connectivity index (χ1n) is 8.23. The molecular formula is C18H25N3O2. The number of amides is 1. The molecule has 0 unspecified atom stereocenters. The fraction of sp³-hybridized carbons (Fsp3) is 0.444. The van der Waals surface area contributed by atoms with E-state index in [1.807, 2.05) is 36.4 Å². The van der Waals surface area contributed by atoms with Crippen molar-refractivity contribution in [1.29, 1.82) is 0 Å². The summed E-state index contributed by atoms with van der Waals surface area (Å²) in [6.45, 7) is 8.10. The predicted molar refractivity (Wildman–Crippen MR) is 91.1 cm³/mol. The Morgan fingerprint density at radius 3 is 2.65 bits per heavy atom. The summed E-state index contributed by atoms with van der Waals surface area (Å²) in [5.41, 5.74) is 1.62. The van der Waals surface area contributed by atoms with Crippen LogP contribution >= 0.6 is 0 Å². The number of nitrogens with one attached hydrogen (secondary N) is 1. The summed E-state index contributed by atoms with van der Waals surface area (Å²) in [6, 6.07) is 11.6. The second kappa shape index (κ2) is 9.10. The van der Waals surface area contributed by atoms with Crippen molar-refractivity contribution in [2.75, 3.05) is 26.2 Å². The number of benzene rings is 1. The number of hydrogen-bond acceptors (Lipinski definition) is 4. The zero-order chi connectivity index (χ0) is 16.5. The number of nitrogens with zero attached hydrogens (tertiary/aromatic N) is 2. The molecule has 0 saturated heterocycles. The Hall–Kier alpha value is -2.14. The summed E-state index contributed by atoms with van der Waals surface area (Å²) in [6.07, 6.45) is 1.21. The summed E-state index contributed by atoms with van der Waals surface area (Å²) in [5, 5.41) is 6.91. The molecule has 23 heavy (non-hydrogen) atoms. The van der Waals surface area contributed by atoms with Gasteiger partial charge in [-0.15, -0.1) is 0 Å². The summed E-state index contributed by atoms with van der Waals surface area (Å²) < 4.78 is 5.30. The van der Waals surface area contributed by atoms with Crippen LogP contribution in [-0.2, 0) is 11.2 Å². The third-order valence-electron chi connectivity index (χ3n) is 3.83. The number of carbonyl (C=O) groups is 1. The van der Waals surface area contributed by atoms with Gasteiger partial charge in [-0.2, -0.15) is 0 Å². The summed E-state index contributed by atoms with van der Waals surface area (Å²) in [7, 11) is 0. The lowest BCUT2D eigenvalue weighted by molar-refractivity contribution is -0.120. The fourth-order valence-electron chi connectivity index (χ4n) is 2.43. The van der Waals surface area contributed by atoms with E-state index in [0.717, 1.165) is 31.6 Å². The van der Waals surface area contributed by atoms with Gasteiger partial charge in [0.05, 0.1) is 12.1 Å². The quantitative estimate of drug-likeness (QED) is 0.723. The van der Waals surface area contributed by atoms with Crippen LogP contribution in [0, 0.1) is 0 Å². The Kier molecular flexibility index (Phi) is 6.81. The average molecular weight is 315 g/mol. The third-order valence-corrected chi connectivity index (χ3v) is 3.83. The molecule has 0 bridgehead atoms. The smallest absolute Gasteiger partial charge is 0.226 e. The largest absolute Gasteiger partial charge is 0.356 e. The van der Waals surface area contributed by atoms with Crippen LogP contribution in [0.3, 0.4) is 0 Å². The Morgan fingerprint density at radius 2 is 1.96 bits per heavy atom. The van der Waals surface area contributed by atoms with E-state index in [4.69, 9.17) is 4.52 Å². The van der Waals surface area contributed by atoms with Crippen LogP contribution in [0.4, 0.5) is 0 Å². The highest BCUT2D eigenvalue weighted by Crippen LogP contribution is 2.19. The molecule has 0 aliphatic carbocycles. The standard InChI is InChI=1S/C18H25N3O2/c1-3-21(4-2)12-8-11-19-18(22)14-16-13-17(23-20-16)15-9-6-5-7-10-15/h5-7,9-10,13H,3-4,8,11-12,14H2,1-2H3,(H,19,22). The van der Waals surface area contributed by atoms with Crippen molar-refractivity contribution < 1.29 is 9.32 Å². The lowest BCUT2D eigenvalue weighted by Crippen LogP contribution is -2.30. The van der Waals surface area contributed by atoms with Crippen molar-refractivity contribution in [3.05, 3.63) is 42.1 Å². The first-order valence-corrected chi connectivity index (χ1v) is 8.23. The van der Waals surface area contributed by atoms with Gasteiger partial charge < -0.3 is 14.7 Å². The molecule has 5 nitrogen and oxygen atoms in total. The molecular weight excluding hydrogens is 290 g/mol. The van der Waals surface area contributed by atoms with Crippen LogP contribution in [0.5, 0.6) is 0 Å². The fourth-order valence-corrected chi connectivity index (χ4v) is 2.43. The molecule has 0 aliphatic heterocycles. The average Bonchev–Trinajstić information content (AvgIpc) is 3.04. The van der Waals surface area contributed by atoms with Crippen molar-refractivity contribution in [2.24, 2.45) is 0 Å². The monoisotopic (exact) mass is 315 g/mol. The summed E-state index contributed by atoms with van der Waals surface area (Å²) in [4.78, 5) is 14.3. The van der Waals surface area contributed by atoms with Crippen LogP contribution in [-0.4, -0.2) is 42.1 Å². The van der Waals surface area contributed by atoms with Gasteiger partial charge in [0.1, 0.15) is 0 Å². The molecule has 1 aromatic heterocycles. The van der Waals surface area contributed by atoms with Gasteiger partial charge in [0, 0.05) is 18.2 Å². The van der Waals surface area contributed by atoms with Gasteiger partial charge in [0.2, 0.25) is 5.91 Å². The summed E-state index contributed by atoms with van der Waals surface area (Å²) >= 11 is 0. The predicted octanol–water partition coefficient (Wildman–Crippen LogP) is 2.73. The Balaban J connectivity index is 1.75. The van der Waals surface area contributed by atoms with Gasteiger partial charge in [-0.05, 0) is 26.1 Å². The molecule has 124 valence electrons. The third kappa shape index (κ3) is 5.53. The Labute approximate surface area is 137 Å². The Morgan fingerprint density at radius 1 is 1.22 bits per heavy atom. The molecule has 0 fully saturated rings. The zero-order valence-electron chi connectivity index (χ0n) is 13.9. The molecule has 0 aliphatic rings. The molecule has 1 N–H and O–H groups in total. The topological polar surface area (TPSA) is 58.4 Å². The van der Waals surface area contributed by atoms with Crippen LogP contribution in [0.25, 0.3) is 11.3 Å². The van der Waals surface area contributed by atoms with E-state index in [9.17, 15) is 4.79 Å². The van der Waals surface area contributed by atoms with Crippen LogP contribution in [0.1, 0.15) is 26.0 Å². The van der Waals surface area contributed by atoms with E-state index in [1.54, 1.807) is 0 Å². The molecule has 2 aromatic rings. The van der Waals surface area contributed by atoms with E-state index in [-0.39, 0.29) is 12.3 Å². The molecule has 0 spiro atoms. The maximum Gasteiger partial charge on any atom is 0.226 e. The van der Waals surface area contributed by atoms with Gasteiger partial charge in [0.15, 0.2) is 5.76 Å². The van der Waals surface area contributed by atoms with E-state index in [1.165, 1.54) is 0 Å². The molecule has 0 radical (unpaired) electrons. The number of carbonyl (C=O) groups excluding carboxylic acids is 1. The van der Waals surface area contributed by atoms with Crippen LogP contribution in [0.15, 0.2) is 40.9 Å². The highest BCUT2D eigenvalue weighted by molar-refractivity contribution is 5.78. The van der Waals surface area contributed by atoms with Crippen molar-refractivity contribution in [1.82, 2.24) is 15.4 Å².